The van der Waals surface area contributed by atoms with Gasteiger partial charge in [-0.15, -0.1) is 0 Å². The lowest BCUT2D eigenvalue weighted by Gasteiger charge is -2.23. The van der Waals surface area contributed by atoms with Gasteiger partial charge in [0.05, 0.1) is 18.1 Å². The van der Waals surface area contributed by atoms with E-state index in [0.717, 1.165) is 31.6 Å². The minimum atomic E-state index is -0.156. The van der Waals surface area contributed by atoms with Crippen LogP contribution in [0.2, 0.25) is 0 Å². The molecule has 0 saturated carbocycles. The zero-order valence-corrected chi connectivity index (χ0v) is 16.1. The van der Waals surface area contributed by atoms with E-state index in [1.165, 1.54) is 6.42 Å². The number of rotatable bonds is 5. The van der Waals surface area contributed by atoms with Crippen molar-refractivity contribution in [3.63, 3.8) is 0 Å². The molecule has 3 aromatic heterocycles. The molecule has 1 amide bonds. The van der Waals surface area contributed by atoms with E-state index >= 15 is 0 Å². The highest BCUT2D eigenvalue weighted by Gasteiger charge is 2.24. The van der Waals surface area contributed by atoms with Crippen LogP contribution >= 0.6 is 0 Å². The van der Waals surface area contributed by atoms with E-state index < -0.39 is 0 Å². The lowest BCUT2D eigenvalue weighted by Crippen LogP contribution is -2.32. The number of nitrogens with zero attached hydrogens (tertiary/aromatic N) is 7. The van der Waals surface area contributed by atoms with Gasteiger partial charge in [0, 0.05) is 32.9 Å². The molecule has 9 heteroatoms. The Morgan fingerprint density at radius 1 is 1.25 bits per heavy atom. The molecule has 0 aliphatic carbocycles. The van der Waals surface area contributed by atoms with Crippen molar-refractivity contribution < 1.29 is 9.32 Å². The highest BCUT2D eigenvalue weighted by Crippen LogP contribution is 2.23. The van der Waals surface area contributed by atoms with E-state index in [1.807, 2.05) is 13.0 Å². The molecule has 1 aliphatic heterocycles. The number of pyridine rings is 1. The van der Waals surface area contributed by atoms with Gasteiger partial charge in [-0.3, -0.25) is 9.78 Å². The largest absolute Gasteiger partial charge is 0.324 e. The second-order valence-electron chi connectivity index (χ2n) is 6.73. The average molecular weight is 381 g/mol. The van der Waals surface area contributed by atoms with Crippen LogP contribution in [0.1, 0.15) is 36.7 Å². The van der Waals surface area contributed by atoms with Crippen molar-refractivity contribution in [3.05, 3.63) is 36.4 Å². The van der Waals surface area contributed by atoms with Crippen LogP contribution in [0.3, 0.4) is 0 Å². The third-order valence-corrected chi connectivity index (χ3v) is 4.97. The quantitative estimate of drug-likeness (QED) is 0.670. The van der Waals surface area contributed by atoms with Crippen molar-refractivity contribution in [2.45, 2.75) is 26.2 Å². The molecular formula is C19H23N7O2. The Labute approximate surface area is 163 Å². The minimum Gasteiger partial charge on any atom is -0.324 e. The van der Waals surface area contributed by atoms with E-state index in [-0.39, 0.29) is 5.91 Å². The van der Waals surface area contributed by atoms with Crippen molar-refractivity contribution in [1.29, 1.82) is 0 Å². The summed E-state index contributed by atoms with van der Waals surface area (Å²) in [6, 6.07) is 4.17. The van der Waals surface area contributed by atoms with Gasteiger partial charge in [0.2, 0.25) is 5.82 Å². The third-order valence-electron chi connectivity index (χ3n) is 4.97. The monoisotopic (exact) mass is 381 g/mol. The molecule has 0 N–H and O–H groups in total. The van der Waals surface area contributed by atoms with Crippen LogP contribution in [0.5, 0.6) is 0 Å². The second-order valence-corrected chi connectivity index (χ2v) is 6.73. The normalized spacial score (nSPS) is 14.3. The van der Waals surface area contributed by atoms with Crippen LogP contribution in [-0.4, -0.2) is 50.2 Å². The van der Waals surface area contributed by atoms with Gasteiger partial charge in [-0.25, -0.2) is 4.98 Å². The third kappa shape index (κ3) is 3.35. The lowest BCUT2D eigenvalue weighted by molar-refractivity contribution is 0.0980. The van der Waals surface area contributed by atoms with Gasteiger partial charge < -0.3 is 18.9 Å². The van der Waals surface area contributed by atoms with E-state index in [9.17, 15) is 4.79 Å². The summed E-state index contributed by atoms with van der Waals surface area (Å²) in [5, 5.41) is 4.07. The molecule has 0 radical (unpaired) electrons. The first kappa shape index (κ1) is 18.1. The Bertz CT molecular complexity index is 944. The summed E-state index contributed by atoms with van der Waals surface area (Å²) in [7, 11) is 1.78. The Balaban J connectivity index is 1.59. The van der Waals surface area contributed by atoms with Gasteiger partial charge in [-0.2, -0.15) is 4.98 Å². The van der Waals surface area contributed by atoms with Crippen molar-refractivity contribution in [1.82, 2.24) is 24.7 Å². The topological polar surface area (TPSA) is 93.2 Å². The Hall–Kier alpha value is -3.23. The fourth-order valence-corrected chi connectivity index (χ4v) is 3.43. The Kier molecular flexibility index (Phi) is 5.05. The molecule has 1 saturated heterocycles. The van der Waals surface area contributed by atoms with Gasteiger partial charge >= 0.3 is 6.01 Å². The SMILES string of the molecule is CCN(C(=O)c1cnc(-c2noc(N3CCCCC3)n2)n1C)c1cccnc1. The molecule has 146 valence electrons. The molecule has 3 aromatic rings. The number of hydrogen-bond acceptors (Lipinski definition) is 7. The number of hydrogen-bond donors (Lipinski definition) is 0. The van der Waals surface area contributed by atoms with Gasteiger partial charge in [-0.1, -0.05) is 5.16 Å². The predicted octanol–water partition coefficient (Wildman–Crippen LogP) is 2.52. The van der Waals surface area contributed by atoms with Crippen LogP contribution in [0, 0.1) is 0 Å². The summed E-state index contributed by atoms with van der Waals surface area (Å²) in [5.74, 6) is 0.723. The Morgan fingerprint density at radius 3 is 2.79 bits per heavy atom. The van der Waals surface area contributed by atoms with Crippen LogP contribution in [-0.2, 0) is 7.05 Å². The van der Waals surface area contributed by atoms with Crippen molar-refractivity contribution in [3.8, 4) is 11.6 Å². The maximum atomic E-state index is 13.1. The summed E-state index contributed by atoms with van der Waals surface area (Å²) in [4.78, 5) is 29.8. The zero-order valence-electron chi connectivity index (χ0n) is 16.1. The average Bonchev–Trinajstić information content (AvgIpc) is 3.37. The lowest BCUT2D eigenvalue weighted by atomic mass is 10.1. The second kappa shape index (κ2) is 7.79. The fraction of sp³-hybridized carbons (Fsp3) is 0.421. The first-order chi connectivity index (χ1) is 13.7. The number of piperidine rings is 1. The van der Waals surface area contributed by atoms with Crippen molar-refractivity contribution >= 4 is 17.6 Å². The van der Waals surface area contributed by atoms with Gasteiger partial charge in [0.1, 0.15) is 5.69 Å². The predicted molar refractivity (Wildman–Crippen MR) is 104 cm³/mol. The number of carbonyl (C=O) groups is 1. The summed E-state index contributed by atoms with van der Waals surface area (Å²) < 4.78 is 7.13. The molecular weight excluding hydrogens is 358 g/mol. The molecule has 4 rings (SSSR count). The van der Waals surface area contributed by atoms with Gasteiger partial charge in [0.25, 0.3) is 5.91 Å². The number of imidazole rings is 1. The molecule has 4 heterocycles. The number of aromatic nitrogens is 5. The molecule has 0 bridgehead atoms. The maximum Gasteiger partial charge on any atom is 0.324 e. The summed E-state index contributed by atoms with van der Waals surface area (Å²) in [6.07, 6.45) is 8.38. The molecule has 0 spiro atoms. The Morgan fingerprint density at radius 2 is 2.07 bits per heavy atom. The first-order valence-electron chi connectivity index (χ1n) is 9.51. The minimum absolute atomic E-state index is 0.156. The highest BCUT2D eigenvalue weighted by atomic mass is 16.5. The summed E-state index contributed by atoms with van der Waals surface area (Å²) >= 11 is 0. The number of amides is 1. The smallest absolute Gasteiger partial charge is 0.324 e. The summed E-state index contributed by atoms with van der Waals surface area (Å²) in [6.45, 7) is 4.28. The molecule has 28 heavy (non-hydrogen) atoms. The van der Waals surface area contributed by atoms with E-state index in [0.29, 0.717) is 29.9 Å². The fourth-order valence-electron chi connectivity index (χ4n) is 3.43. The molecule has 0 atom stereocenters. The highest BCUT2D eigenvalue weighted by molar-refractivity contribution is 6.05. The summed E-state index contributed by atoms with van der Waals surface area (Å²) in [5.41, 5.74) is 1.19. The van der Waals surface area contributed by atoms with E-state index in [1.54, 1.807) is 41.2 Å². The van der Waals surface area contributed by atoms with Crippen LogP contribution in [0.25, 0.3) is 11.6 Å². The zero-order chi connectivity index (χ0) is 19.5. The van der Waals surface area contributed by atoms with Gasteiger partial charge in [0.15, 0.2) is 5.82 Å². The van der Waals surface area contributed by atoms with Crippen LogP contribution in [0.4, 0.5) is 11.7 Å². The molecule has 1 fully saturated rings. The molecule has 1 aliphatic rings. The molecule has 0 unspecified atom stereocenters. The first-order valence-corrected chi connectivity index (χ1v) is 9.51. The number of anilines is 2. The van der Waals surface area contributed by atoms with E-state index in [4.69, 9.17) is 4.52 Å². The van der Waals surface area contributed by atoms with Crippen LogP contribution in [0.15, 0.2) is 35.2 Å². The van der Waals surface area contributed by atoms with Crippen molar-refractivity contribution in [2.24, 2.45) is 7.05 Å². The van der Waals surface area contributed by atoms with Gasteiger partial charge in [-0.05, 0) is 38.3 Å². The maximum absolute atomic E-state index is 13.1. The number of carbonyl (C=O) groups excluding carboxylic acids is 1. The standard InChI is InChI=1S/C19H23N7O2/c1-3-26(14-8-7-9-20-12-14)18(27)15-13-21-17(24(15)2)16-22-19(28-23-16)25-10-5-4-6-11-25/h7-9,12-13H,3-6,10-11H2,1-2H3. The molecule has 9 nitrogen and oxygen atoms in total. The van der Waals surface area contributed by atoms with Crippen LogP contribution < -0.4 is 9.80 Å². The van der Waals surface area contributed by atoms with Crippen molar-refractivity contribution in [2.75, 3.05) is 29.4 Å². The van der Waals surface area contributed by atoms with E-state index in [2.05, 4.69) is 25.0 Å². The molecule has 0 aromatic carbocycles.